The molecule has 2 unspecified atom stereocenters. The molecular formula is C6H12O5. The van der Waals surface area contributed by atoms with Gasteiger partial charge in [0, 0.05) is 6.42 Å². The van der Waals surface area contributed by atoms with Crippen molar-refractivity contribution in [3.05, 3.63) is 0 Å². The fourth-order valence-corrected chi connectivity index (χ4v) is 1.08. The lowest BCUT2D eigenvalue weighted by atomic mass is 10.0. The summed E-state index contributed by atoms with van der Waals surface area (Å²) < 4.78 is 4.71. The summed E-state index contributed by atoms with van der Waals surface area (Å²) in [6.07, 6.45) is -4.11. The highest BCUT2D eigenvalue weighted by molar-refractivity contribution is 4.81. The highest BCUT2D eigenvalue weighted by atomic mass is 16.6. The predicted octanol–water partition coefficient (Wildman–Crippen LogP) is -2.19. The fraction of sp³-hybridized carbons (Fsp3) is 1.00. The minimum atomic E-state index is -1.11. The molecule has 4 N–H and O–H groups in total. The van der Waals surface area contributed by atoms with E-state index in [4.69, 9.17) is 25.2 Å². The van der Waals surface area contributed by atoms with E-state index in [9.17, 15) is 0 Å². The monoisotopic (exact) mass is 164 g/mol. The zero-order valence-corrected chi connectivity index (χ0v) is 5.92. The minimum absolute atomic E-state index is 0.0162. The topological polar surface area (TPSA) is 90.2 Å². The summed E-state index contributed by atoms with van der Waals surface area (Å²) >= 11 is 0. The van der Waals surface area contributed by atoms with Crippen LogP contribution >= 0.6 is 0 Å². The smallest absolute Gasteiger partial charge is 0.157 e. The number of aliphatic hydroxyl groups is 4. The van der Waals surface area contributed by atoms with E-state index in [2.05, 4.69) is 0 Å². The molecule has 0 aromatic heterocycles. The van der Waals surface area contributed by atoms with Crippen molar-refractivity contribution in [1.82, 2.24) is 0 Å². The van der Waals surface area contributed by atoms with Gasteiger partial charge < -0.3 is 25.2 Å². The van der Waals surface area contributed by atoms with Gasteiger partial charge in [-0.2, -0.15) is 0 Å². The van der Waals surface area contributed by atoms with Crippen molar-refractivity contribution in [2.24, 2.45) is 0 Å². The van der Waals surface area contributed by atoms with E-state index < -0.39 is 31.2 Å². The molecule has 0 aliphatic carbocycles. The molecule has 0 spiro atoms. The summed E-state index contributed by atoms with van der Waals surface area (Å²) in [5.41, 5.74) is 0. The van der Waals surface area contributed by atoms with Gasteiger partial charge in [-0.25, -0.2) is 0 Å². The highest BCUT2D eigenvalue weighted by Crippen LogP contribution is 2.18. The summed E-state index contributed by atoms with van der Waals surface area (Å²) in [4.78, 5) is 0. The number of hydrogen-bond acceptors (Lipinski definition) is 5. The maximum Gasteiger partial charge on any atom is 0.157 e. The first-order valence-electron chi connectivity index (χ1n) is 3.45. The first-order chi connectivity index (χ1) is 5.15. The molecule has 1 aliphatic rings. The number of aliphatic hydroxyl groups excluding tert-OH is 4. The molecule has 5 heteroatoms. The van der Waals surface area contributed by atoms with Gasteiger partial charge in [0.05, 0.1) is 12.7 Å². The molecule has 66 valence electrons. The van der Waals surface area contributed by atoms with Crippen LogP contribution in [0.3, 0.4) is 0 Å². The Balaban J connectivity index is 2.51. The Morgan fingerprint density at radius 3 is 2.45 bits per heavy atom. The Morgan fingerprint density at radius 2 is 1.91 bits per heavy atom. The molecular weight excluding hydrogens is 152 g/mol. The lowest BCUT2D eigenvalue weighted by Crippen LogP contribution is -2.49. The summed E-state index contributed by atoms with van der Waals surface area (Å²) in [5.74, 6) is 0. The Bertz CT molecular complexity index is 128. The normalized spacial score (nSPS) is 45.8. The largest absolute Gasteiger partial charge is 0.394 e. The Labute approximate surface area is 63.8 Å². The molecule has 0 bridgehead atoms. The van der Waals surface area contributed by atoms with E-state index in [0.717, 1.165) is 0 Å². The molecule has 1 saturated heterocycles. The van der Waals surface area contributed by atoms with Crippen LogP contribution in [0, 0.1) is 0 Å². The average Bonchev–Trinajstić information content (AvgIpc) is 1.96. The van der Waals surface area contributed by atoms with Crippen molar-refractivity contribution in [2.75, 3.05) is 6.61 Å². The second-order valence-corrected chi connectivity index (χ2v) is 2.61. The molecule has 1 fully saturated rings. The average molecular weight is 164 g/mol. The fourth-order valence-electron chi connectivity index (χ4n) is 1.08. The van der Waals surface area contributed by atoms with Gasteiger partial charge in [-0.1, -0.05) is 0 Å². The van der Waals surface area contributed by atoms with Crippen LogP contribution in [0.25, 0.3) is 0 Å². The Hall–Kier alpha value is -0.200. The Kier molecular flexibility index (Phi) is 2.80. The SMILES string of the molecule is OCC1O[C@H](O)CC(O)[C@H]1O. The molecule has 0 amide bonds. The second kappa shape index (κ2) is 3.46. The van der Waals surface area contributed by atoms with Gasteiger partial charge in [0.2, 0.25) is 0 Å². The van der Waals surface area contributed by atoms with Crippen molar-refractivity contribution in [3.8, 4) is 0 Å². The third-order valence-electron chi connectivity index (χ3n) is 1.73. The van der Waals surface area contributed by atoms with Crippen LogP contribution in [0.4, 0.5) is 0 Å². The van der Waals surface area contributed by atoms with Gasteiger partial charge >= 0.3 is 0 Å². The summed E-state index contributed by atoms with van der Waals surface area (Å²) in [5, 5.41) is 35.6. The third-order valence-corrected chi connectivity index (χ3v) is 1.73. The molecule has 1 rings (SSSR count). The third kappa shape index (κ3) is 1.88. The molecule has 5 nitrogen and oxygen atoms in total. The van der Waals surface area contributed by atoms with Crippen LogP contribution in [0.1, 0.15) is 6.42 Å². The number of rotatable bonds is 1. The van der Waals surface area contributed by atoms with Crippen molar-refractivity contribution in [2.45, 2.75) is 31.0 Å². The first-order valence-corrected chi connectivity index (χ1v) is 3.45. The van der Waals surface area contributed by atoms with Crippen LogP contribution in [-0.2, 0) is 4.74 Å². The van der Waals surface area contributed by atoms with Gasteiger partial charge in [-0.3, -0.25) is 0 Å². The zero-order valence-electron chi connectivity index (χ0n) is 5.92. The van der Waals surface area contributed by atoms with Gasteiger partial charge in [0.15, 0.2) is 6.29 Å². The summed E-state index contributed by atoms with van der Waals surface area (Å²) in [7, 11) is 0. The van der Waals surface area contributed by atoms with Crippen LogP contribution in [0.15, 0.2) is 0 Å². The molecule has 0 aromatic carbocycles. The zero-order chi connectivity index (χ0) is 8.43. The Morgan fingerprint density at radius 1 is 1.27 bits per heavy atom. The van der Waals surface area contributed by atoms with Gasteiger partial charge in [0.1, 0.15) is 12.2 Å². The molecule has 0 aromatic rings. The molecule has 0 radical (unpaired) electrons. The molecule has 11 heavy (non-hydrogen) atoms. The number of hydrogen-bond donors (Lipinski definition) is 4. The first kappa shape index (κ1) is 8.89. The minimum Gasteiger partial charge on any atom is -0.394 e. The molecule has 1 aliphatic heterocycles. The van der Waals surface area contributed by atoms with Crippen molar-refractivity contribution in [1.29, 1.82) is 0 Å². The lowest BCUT2D eigenvalue weighted by Gasteiger charge is -2.33. The summed E-state index contributed by atoms with van der Waals surface area (Å²) in [6, 6.07) is 0. The second-order valence-electron chi connectivity index (χ2n) is 2.61. The van der Waals surface area contributed by atoms with Crippen LogP contribution < -0.4 is 0 Å². The molecule has 1 heterocycles. The van der Waals surface area contributed by atoms with Gasteiger partial charge in [-0.05, 0) is 0 Å². The lowest BCUT2D eigenvalue weighted by molar-refractivity contribution is -0.239. The van der Waals surface area contributed by atoms with Gasteiger partial charge in [0.25, 0.3) is 0 Å². The van der Waals surface area contributed by atoms with E-state index in [0.29, 0.717) is 0 Å². The van der Waals surface area contributed by atoms with Crippen LogP contribution in [0.2, 0.25) is 0 Å². The molecule has 0 saturated carbocycles. The summed E-state index contributed by atoms with van der Waals surface area (Å²) in [6.45, 7) is -0.407. The van der Waals surface area contributed by atoms with E-state index in [1.807, 2.05) is 0 Å². The van der Waals surface area contributed by atoms with Gasteiger partial charge in [-0.15, -0.1) is 0 Å². The standard InChI is InChI=1S/C6H12O5/c7-2-4-6(10)3(8)1-5(9)11-4/h3-10H,1-2H2/t3?,4?,5-,6+/m0/s1. The van der Waals surface area contributed by atoms with Crippen molar-refractivity contribution in [3.63, 3.8) is 0 Å². The van der Waals surface area contributed by atoms with E-state index >= 15 is 0 Å². The van der Waals surface area contributed by atoms with Crippen LogP contribution in [-0.4, -0.2) is 51.6 Å². The van der Waals surface area contributed by atoms with Crippen molar-refractivity contribution >= 4 is 0 Å². The maximum absolute atomic E-state index is 9.11. The maximum atomic E-state index is 9.11. The quantitative estimate of drug-likeness (QED) is 0.353. The highest BCUT2D eigenvalue weighted by Gasteiger charge is 2.35. The predicted molar refractivity (Wildman–Crippen MR) is 34.6 cm³/mol. The van der Waals surface area contributed by atoms with Crippen molar-refractivity contribution < 1.29 is 25.2 Å². The number of ether oxygens (including phenoxy) is 1. The van der Waals surface area contributed by atoms with E-state index in [1.54, 1.807) is 0 Å². The van der Waals surface area contributed by atoms with Crippen LogP contribution in [0.5, 0.6) is 0 Å². The molecule has 4 atom stereocenters. The van der Waals surface area contributed by atoms with E-state index in [1.165, 1.54) is 0 Å². The van der Waals surface area contributed by atoms with E-state index in [-0.39, 0.29) is 6.42 Å².